The molecule has 0 radical (unpaired) electrons. The number of hydrogen-bond acceptors (Lipinski definition) is 16. The molecule has 0 bridgehead atoms. The number of likely N-dealkylation sites (N-methyl/N-ethyl adjacent to an activating group) is 1. The van der Waals surface area contributed by atoms with Gasteiger partial charge in [-0.25, -0.2) is 4.79 Å². The molecule has 0 spiro atoms. The number of nitrogens with two attached hydrogens (primary N) is 3. The fourth-order valence-electron chi connectivity index (χ4n) is 10.2. The summed E-state index contributed by atoms with van der Waals surface area (Å²) in [6.07, 6.45) is 1.12. The van der Waals surface area contributed by atoms with E-state index in [0.29, 0.717) is 38.5 Å². The molecule has 0 unspecified atom stereocenters. The summed E-state index contributed by atoms with van der Waals surface area (Å²) in [5.41, 5.74) is 17.7. The van der Waals surface area contributed by atoms with Crippen LogP contribution in [0, 0.1) is 40.9 Å². The third kappa shape index (κ3) is 26.8. The van der Waals surface area contributed by atoms with Crippen molar-refractivity contribution in [1.29, 1.82) is 5.41 Å². The van der Waals surface area contributed by atoms with Gasteiger partial charge in [-0.05, 0) is 87.6 Å². The number of ketones is 1. The summed E-state index contributed by atoms with van der Waals surface area (Å²) in [5.74, 6) is -11.9. The number of guanidine groups is 1. The Kier molecular flexibility index (Phi) is 35.8. The summed E-state index contributed by atoms with van der Waals surface area (Å²) < 4.78 is 5.78. The molecule has 28 heteroatoms. The monoisotopic (exact) mass is 1300 g/mol. The van der Waals surface area contributed by atoms with Crippen LogP contribution in [0.5, 0.6) is 0 Å². The second-order valence-electron chi connectivity index (χ2n) is 25.0. The summed E-state index contributed by atoms with van der Waals surface area (Å²) >= 11 is 0. The van der Waals surface area contributed by atoms with E-state index in [-0.39, 0.29) is 62.8 Å². The number of nitrogens with zero attached hydrogens (tertiary/aromatic N) is 1. The van der Waals surface area contributed by atoms with Crippen LogP contribution in [0.2, 0.25) is 0 Å². The van der Waals surface area contributed by atoms with Crippen molar-refractivity contribution >= 4 is 76.7 Å². The number of unbranched alkanes of at least 4 members (excludes halogenated alkanes) is 1. The zero-order valence-corrected chi connectivity index (χ0v) is 56.3. The number of rotatable bonds is 37. The highest BCUT2D eigenvalue weighted by Crippen LogP contribution is 2.20. The van der Waals surface area contributed by atoms with Crippen molar-refractivity contribution in [2.24, 2.45) is 57.7 Å². The smallest absolute Gasteiger partial charge is 0.329 e. The van der Waals surface area contributed by atoms with Crippen molar-refractivity contribution in [3.05, 3.63) is 35.9 Å². The molecule has 1 saturated heterocycles. The minimum atomic E-state index is -1.76. The molecule has 28 nitrogen and oxygen atoms in total. The molecule has 1 aromatic carbocycles. The quantitative estimate of drug-likeness (QED) is 0.0187. The summed E-state index contributed by atoms with van der Waals surface area (Å²) in [6.45, 7) is 19.6. The average molecular weight is 1300 g/mol. The maximum Gasteiger partial charge on any atom is 0.329 e. The van der Waals surface area contributed by atoms with Gasteiger partial charge < -0.3 is 80.2 Å². The zero-order chi connectivity index (χ0) is 69.5. The number of aliphatic imine (C=N–C) groups is 1. The topological polar surface area (TPSA) is 452 Å². The lowest BCUT2D eigenvalue weighted by Gasteiger charge is -2.31. The number of aliphatic hydroxyl groups excluding tert-OH is 1. The second-order valence-corrected chi connectivity index (χ2v) is 25.0. The van der Waals surface area contributed by atoms with Crippen LogP contribution in [0.4, 0.5) is 0 Å². The molecule has 9 amide bonds. The Morgan fingerprint density at radius 2 is 1.13 bits per heavy atom. The maximum absolute atomic E-state index is 14.7. The van der Waals surface area contributed by atoms with E-state index in [1.807, 2.05) is 51.1 Å². The normalized spacial score (nSPS) is 20.8. The summed E-state index contributed by atoms with van der Waals surface area (Å²) in [4.78, 5) is 160. The molecule has 1 fully saturated rings. The summed E-state index contributed by atoms with van der Waals surface area (Å²) in [7, 11) is 1.63. The molecule has 0 aliphatic carbocycles. The number of benzene rings is 1. The Balaban J connectivity index is 2.53. The van der Waals surface area contributed by atoms with Gasteiger partial charge in [-0.2, -0.15) is 0 Å². The number of nitrogens with one attached hydrogen (secondary N) is 11. The number of cyclic esters (lactones) is 1. The van der Waals surface area contributed by atoms with Crippen LogP contribution in [0.3, 0.4) is 0 Å². The van der Waals surface area contributed by atoms with Crippen molar-refractivity contribution in [1.82, 2.24) is 53.2 Å². The lowest BCUT2D eigenvalue weighted by Crippen LogP contribution is -2.62. The van der Waals surface area contributed by atoms with Gasteiger partial charge in [0.05, 0.1) is 18.5 Å². The molecule has 1 heterocycles. The summed E-state index contributed by atoms with van der Waals surface area (Å²) in [5, 5.41) is 45.8. The van der Waals surface area contributed by atoms with E-state index in [0.717, 1.165) is 5.56 Å². The predicted molar refractivity (Wildman–Crippen MR) is 349 cm³/mol. The van der Waals surface area contributed by atoms with E-state index >= 15 is 0 Å². The SMILES string of the molecule is CC[C@@H](C)[C@@H](NC(=O)[C@@H](CCCCC(=N)N)NC(=O)[C@H](CCCN=C(N)N)NC(=O)[C@@H](NC(=O)[C@@H](Cc1ccccc1)NC)[C@@H](C)CC)C(=O)N[C@H](C(=O)N[C@@H](CO)C(=O)N[C@H]1C(=O)C[C@@H](C)C(=O)N[C@@H](CC(C)C)C(=O)N[C@@H]([C@@H](C)CC)C(=O)O[C@H]1C)[C@@H](C)CC. The third-order valence-corrected chi connectivity index (χ3v) is 17.0. The molecule has 518 valence electrons. The van der Waals surface area contributed by atoms with Crippen LogP contribution < -0.4 is 70.4 Å². The first-order valence-electron chi connectivity index (χ1n) is 32.5. The summed E-state index contributed by atoms with van der Waals surface area (Å²) in [6, 6.07) is -3.52. The molecular weight excluding hydrogens is 1190 g/mol. The molecule has 0 saturated carbocycles. The number of amidine groups is 1. The predicted octanol–water partition coefficient (Wildman–Crippen LogP) is 0.494. The van der Waals surface area contributed by atoms with E-state index in [9.17, 15) is 57.8 Å². The maximum atomic E-state index is 14.7. The second kappa shape index (κ2) is 41.0. The van der Waals surface area contributed by atoms with E-state index in [1.54, 1.807) is 55.5 Å². The van der Waals surface area contributed by atoms with E-state index < -0.39 is 174 Å². The van der Waals surface area contributed by atoms with Gasteiger partial charge in [0.25, 0.3) is 0 Å². The molecule has 1 aromatic rings. The third-order valence-electron chi connectivity index (χ3n) is 17.0. The van der Waals surface area contributed by atoms with Crippen LogP contribution in [0.1, 0.15) is 166 Å². The highest BCUT2D eigenvalue weighted by molar-refractivity contribution is 5.99. The number of esters is 1. The number of carbonyl (C=O) groups is 11. The van der Waals surface area contributed by atoms with Crippen molar-refractivity contribution in [3.63, 3.8) is 0 Å². The van der Waals surface area contributed by atoms with E-state index in [2.05, 4.69) is 58.2 Å². The lowest BCUT2D eigenvalue weighted by atomic mass is 9.94. The largest absolute Gasteiger partial charge is 0.458 e. The Morgan fingerprint density at radius 3 is 1.62 bits per heavy atom. The number of aliphatic hydroxyl groups is 1. The molecule has 92 heavy (non-hydrogen) atoms. The van der Waals surface area contributed by atoms with Crippen molar-refractivity contribution in [2.45, 2.75) is 233 Å². The Labute approximate surface area is 542 Å². The Bertz CT molecular complexity index is 2640. The molecule has 1 aliphatic rings. The first-order chi connectivity index (χ1) is 43.4. The molecule has 2 rings (SSSR count). The number of hydrogen-bond donors (Lipinski definition) is 15. The fourth-order valence-corrected chi connectivity index (χ4v) is 10.2. The number of amides is 9. The minimum Gasteiger partial charge on any atom is -0.458 e. The van der Waals surface area contributed by atoms with Crippen molar-refractivity contribution in [2.75, 3.05) is 20.2 Å². The van der Waals surface area contributed by atoms with Gasteiger partial charge >= 0.3 is 5.97 Å². The minimum absolute atomic E-state index is 0.0209. The van der Waals surface area contributed by atoms with Crippen LogP contribution in [0.25, 0.3) is 0 Å². The van der Waals surface area contributed by atoms with Gasteiger partial charge in [0.2, 0.25) is 53.2 Å². The molecule has 0 aromatic heterocycles. The van der Waals surface area contributed by atoms with Crippen molar-refractivity contribution in [3.8, 4) is 0 Å². The fraction of sp³-hybridized carbons (Fsp3) is 0.703. The highest BCUT2D eigenvalue weighted by atomic mass is 16.5. The van der Waals surface area contributed by atoms with Gasteiger partial charge in [-0.3, -0.25) is 58.3 Å². The first-order valence-corrected chi connectivity index (χ1v) is 32.5. The Hall–Kier alpha value is -7.75. The van der Waals surface area contributed by atoms with Gasteiger partial charge in [0.1, 0.15) is 60.5 Å². The van der Waals surface area contributed by atoms with Crippen molar-refractivity contribution < 1.29 is 62.6 Å². The molecular formula is C64H109N15O13. The highest BCUT2D eigenvalue weighted by Gasteiger charge is 2.41. The van der Waals surface area contributed by atoms with Gasteiger partial charge in [0.15, 0.2) is 11.7 Å². The van der Waals surface area contributed by atoms with E-state index in [4.69, 9.17) is 27.3 Å². The lowest BCUT2D eigenvalue weighted by molar-refractivity contribution is -0.157. The number of Topliss-reactive ketones (excluding diaryl/α,β-unsaturated/α-hetero) is 1. The van der Waals surface area contributed by atoms with Gasteiger partial charge in [0, 0.05) is 25.3 Å². The zero-order valence-electron chi connectivity index (χ0n) is 56.3. The van der Waals surface area contributed by atoms with Gasteiger partial charge in [-0.1, -0.05) is 139 Å². The standard InChI is InChI=1S/C64H109N15O13/c1-14-35(7)49(76-57(85)44(69-13)32-41-24-19-18-20-25-41)60(88)72-43(27-23-29-70-64(67)68)55(83)71-42(26-21-22-28-48(65)66)56(84)75-51(37(9)16-3)62(90)77-50(36(8)15-2)61(89)74-46(33-80)59(87)79-53-40(12)92-63(91)52(38(10)17-4)78-58(86)45(30-34(5)6)73-54(82)39(11)31-47(53)81/h18-20,24-25,34-40,42-46,49-53,69,80H,14-17,21-23,26-33H2,1-13H3,(H3,65,66)(H,71,83)(H,72,88)(H,73,82)(H,74,89)(H,75,84)(H,76,85)(H,77,90)(H,78,86)(H,79,87)(H4,67,68,70)/t35-,36-,37+,38-,39+,40-,42+,43-,44+,45-,46-,49-,50-,51+,52-,53+/m0/s1. The first kappa shape index (κ1) is 80.3. The van der Waals surface area contributed by atoms with Crippen LogP contribution >= 0.6 is 0 Å². The molecule has 16 atom stereocenters. The number of ether oxygens (including phenoxy) is 1. The van der Waals surface area contributed by atoms with Crippen LogP contribution in [0.15, 0.2) is 35.3 Å². The molecule has 1 aliphatic heterocycles. The Morgan fingerprint density at radius 1 is 0.641 bits per heavy atom. The van der Waals surface area contributed by atoms with Gasteiger partial charge in [-0.15, -0.1) is 0 Å². The van der Waals surface area contributed by atoms with Crippen LogP contribution in [-0.4, -0.2) is 169 Å². The average Bonchev–Trinajstić information content (AvgIpc) is 1.28. The van der Waals surface area contributed by atoms with Crippen LogP contribution in [-0.2, 0) is 63.9 Å². The number of carbonyl (C=O) groups excluding carboxylic acids is 11. The van der Waals surface area contributed by atoms with E-state index in [1.165, 1.54) is 13.8 Å². The molecule has 18 N–H and O–H groups in total.